The van der Waals surface area contributed by atoms with E-state index in [2.05, 4.69) is 9.48 Å². The first-order valence-corrected chi connectivity index (χ1v) is 5.67. The quantitative estimate of drug-likeness (QED) is 0.367. The SMILES string of the molecule is COCCC[N+]1=C(Cl)N(CCOC)CC1. The first-order chi connectivity index (χ1) is 7.29. The number of ether oxygens (including phenoxy) is 2. The zero-order valence-corrected chi connectivity index (χ0v) is 10.3. The minimum absolute atomic E-state index is 0.724. The molecule has 0 aromatic carbocycles. The van der Waals surface area contributed by atoms with Gasteiger partial charge < -0.3 is 9.47 Å². The fourth-order valence-electron chi connectivity index (χ4n) is 1.64. The van der Waals surface area contributed by atoms with Gasteiger partial charge in [0.15, 0.2) is 0 Å². The fraction of sp³-hybridized carbons (Fsp3) is 0.900. The lowest BCUT2D eigenvalue weighted by atomic mass is 10.4. The predicted octanol–water partition coefficient (Wildman–Crippen LogP) is 0.592. The molecule has 0 aromatic rings. The summed E-state index contributed by atoms with van der Waals surface area (Å²) in [7, 11) is 3.43. The van der Waals surface area contributed by atoms with Crippen LogP contribution in [0, 0.1) is 0 Å². The second-order valence-corrected chi connectivity index (χ2v) is 3.92. The van der Waals surface area contributed by atoms with E-state index in [1.807, 2.05) is 0 Å². The second kappa shape index (κ2) is 7.04. The van der Waals surface area contributed by atoms with Gasteiger partial charge in [-0.05, 0) is 0 Å². The maximum Gasteiger partial charge on any atom is 0.345 e. The lowest BCUT2D eigenvalue weighted by Gasteiger charge is -2.07. The van der Waals surface area contributed by atoms with E-state index in [4.69, 9.17) is 21.1 Å². The van der Waals surface area contributed by atoms with Crippen molar-refractivity contribution in [3.63, 3.8) is 0 Å². The van der Waals surface area contributed by atoms with Crippen LogP contribution in [0.5, 0.6) is 0 Å². The van der Waals surface area contributed by atoms with Gasteiger partial charge in [0.2, 0.25) is 0 Å². The molecule has 4 nitrogen and oxygen atoms in total. The standard InChI is InChI=1S/C10H20ClN2O2/c1-14-8-3-4-12-5-6-13(10(12)11)7-9-15-2/h3-9H2,1-2H3/q+1. The first-order valence-electron chi connectivity index (χ1n) is 5.29. The maximum atomic E-state index is 6.23. The van der Waals surface area contributed by atoms with Gasteiger partial charge in [-0.15, -0.1) is 0 Å². The molecule has 0 saturated carbocycles. The van der Waals surface area contributed by atoms with Crippen LogP contribution >= 0.6 is 11.6 Å². The van der Waals surface area contributed by atoms with Crippen LogP contribution in [0.15, 0.2) is 0 Å². The monoisotopic (exact) mass is 235 g/mol. The summed E-state index contributed by atoms with van der Waals surface area (Å²) in [6, 6.07) is 0. The van der Waals surface area contributed by atoms with Gasteiger partial charge in [0.05, 0.1) is 13.2 Å². The molecule has 88 valence electrons. The van der Waals surface area contributed by atoms with Crippen molar-refractivity contribution in [2.24, 2.45) is 0 Å². The highest BCUT2D eigenvalue weighted by Gasteiger charge is 2.27. The number of hydrogen-bond donors (Lipinski definition) is 0. The number of amidine groups is 1. The molecule has 1 aliphatic rings. The lowest BCUT2D eigenvalue weighted by Crippen LogP contribution is -2.29. The van der Waals surface area contributed by atoms with E-state index in [-0.39, 0.29) is 0 Å². The molecule has 1 heterocycles. The van der Waals surface area contributed by atoms with Gasteiger partial charge in [0.25, 0.3) is 0 Å². The molecular weight excluding hydrogens is 216 g/mol. The summed E-state index contributed by atoms with van der Waals surface area (Å²) in [5.74, 6) is 0. The zero-order chi connectivity index (χ0) is 11.1. The van der Waals surface area contributed by atoms with Gasteiger partial charge in [0, 0.05) is 38.8 Å². The number of halogens is 1. The van der Waals surface area contributed by atoms with Gasteiger partial charge in [-0.25, -0.2) is 9.48 Å². The Hall–Kier alpha value is -0.320. The molecule has 0 aromatic heterocycles. The highest BCUT2D eigenvalue weighted by Crippen LogP contribution is 2.05. The van der Waals surface area contributed by atoms with Crippen LogP contribution in [-0.2, 0) is 9.47 Å². The van der Waals surface area contributed by atoms with Crippen LogP contribution in [0.2, 0.25) is 0 Å². The summed E-state index contributed by atoms with van der Waals surface area (Å²) < 4.78 is 12.2. The smallest absolute Gasteiger partial charge is 0.345 e. The first kappa shape index (κ1) is 12.7. The lowest BCUT2D eigenvalue weighted by molar-refractivity contribution is -0.516. The Morgan fingerprint density at radius 2 is 2.07 bits per heavy atom. The summed E-state index contributed by atoms with van der Waals surface area (Å²) in [6.45, 7) is 5.36. The predicted molar refractivity (Wildman–Crippen MR) is 60.8 cm³/mol. The Kier molecular flexibility index (Phi) is 5.98. The van der Waals surface area contributed by atoms with E-state index in [0.717, 1.165) is 51.1 Å². The average Bonchev–Trinajstić information content (AvgIpc) is 2.58. The van der Waals surface area contributed by atoms with Crippen molar-refractivity contribution in [1.82, 2.24) is 4.90 Å². The molecule has 0 bridgehead atoms. The van der Waals surface area contributed by atoms with E-state index >= 15 is 0 Å². The van der Waals surface area contributed by atoms with Crippen molar-refractivity contribution >= 4 is 16.9 Å². The Bertz CT molecular complexity index is 221. The molecule has 15 heavy (non-hydrogen) atoms. The second-order valence-electron chi connectivity index (χ2n) is 3.58. The molecule has 0 saturated heterocycles. The van der Waals surface area contributed by atoms with Crippen molar-refractivity contribution in [1.29, 1.82) is 0 Å². The summed E-state index contributed by atoms with van der Waals surface area (Å²) in [6.07, 6.45) is 1.02. The molecule has 0 fully saturated rings. The van der Waals surface area contributed by atoms with E-state index in [1.54, 1.807) is 14.2 Å². The van der Waals surface area contributed by atoms with Gasteiger partial charge in [0.1, 0.15) is 19.6 Å². The van der Waals surface area contributed by atoms with Crippen molar-refractivity contribution in [2.45, 2.75) is 6.42 Å². The number of methoxy groups -OCH3 is 2. The third-order valence-corrected chi connectivity index (χ3v) is 2.98. The van der Waals surface area contributed by atoms with Crippen molar-refractivity contribution in [3.8, 4) is 0 Å². The topological polar surface area (TPSA) is 24.7 Å². The van der Waals surface area contributed by atoms with Crippen LogP contribution in [0.3, 0.4) is 0 Å². The summed E-state index contributed by atoms with van der Waals surface area (Å²) in [4.78, 5) is 2.15. The molecule has 0 amide bonds. The molecule has 1 rings (SSSR count). The van der Waals surface area contributed by atoms with Gasteiger partial charge in [-0.3, -0.25) is 0 Å². The Balaban J connectivity index is 2.33. The van der Waals surface area contributed by atoms with Gasteiger partial charge in [-0.1, -0.05) is 0 Å². The van der Waals surface area contributed by atoms with Crippen LogP contribution < -0.4 is 0 Å². The molecular formula is C10H20ClN2O2+. The highest BCUT2D eigenvalue weighted by molar-refractivity contribution is 6.63. The summed E-state index contributed by atoms with van der Waals surface area (Å²) in [5, 5.41) is 0.850. The fourth-order valence-corrected chi connectivity index (χ4v) is 1.97. The van der Waals surface area contributed by atoms with E-state index < -0.39 is 0 Å². The highest BCUT2D eigenvalue weighted by atomic mass is 35.5. The largest absolute Gasteiger partial charge is 0.385 e. The van der Waals surface area contributed by atoms with Crippen LogP contribution in [0.25, 0.3) is 0 Å². The van der Waals surface area contributed by atoms with Crippen LogP contribution in [0.1, 0.15) is 6.42 Å². The Morgan fingerprint density at radius 1 is 1.33 bits per heavy atom. The minimum Gasteiger partial charge on any atom is -0.385 e. The number of rotatable bonds is 7. The third kappa shape index (κ3) is 3.97. The summed E-state index contributed by atoms with van der Waals surface area (Å²) >= 11 is 6.23. The zero-order valence-electron chi connectivity index (χ0n) is 9.54. The maximum absolute atomic E-state index is 6.23. The van der Waals surface area contributed by atoms with Crippen molar-refractivity contribution in [3.05, 3.63) is 0 Å². The van der Waals surface area contributed by atoms with Gasteiger partial charge >= 0.3 is 5.29 Å². The third-order valence-electron chi connectivity index (χ3n) is 2.50. The molecule has 0 N–H and O–H groups in total. The van der Waals surface area contributed by atoms with Crippen molar-refractivity contribution in [2.75, 3.05) is 53.6 Å². The van der Waals surface area contributed by atoms with Crippen molar-refractivity contribution < 1.29 is 14.0 Å². The number of nitrogens with zero attached hydrogens (tertiary/aromatic N) is 2. The summed E-state index contributed by atoms with van der Waals surface area (Å²) in [5.41, 5.74) is 0. The van der Waals surface area contributed by atoms with E-state index in [1.165, 1.54) is 0 Å². The molecule has 0 unspecified atom stereocenters. The number of hydrogen-bond acceptors (Lipinski definition) is 3. The molecule has 0 spiro atoms. The molecule has 5 heteroatoms. The minimum atomic E-state index is 0.724. The van der Waals surface area contributed by atoms with Gasteiger partial charge in [-0.2, -0.15) is 0 Å². The molecule has 0 radical (unpaired) electrons. The van der Waals surface area contributed by atoms with E-state index in [9.17, 15) is 0 Å². The Morgan fingerprint density at radius 3 is 2.73 bits per heavy atom. The molecule has 1 aliphatic heterocycles. The molecule has 0 atom stereocenters. The molecule has 0 aliphatic carbocycles. The van der Waals surface area contributed by atoms with E-state index in [0.29, 0.717) is 0 Å². The van der Waals surface area contributed by atoms with Crippen LogP contribution in [0.4, 0.5) is 0 Å². The van der Waals surface area contributed by atoms with Crippen LogP contribution in [-0.4, -0.2) is 68.4 Å². The average molecular weight is 236 g/mol. The normalized spacial score (nSPS) is 16.6. The Labute approximate surface area is 96.4 Å².